The van der Waals surface area contributed by atoms with E-state index in [4.69, 9.17) is 0 Å². The fourth-order valence-corrected chi connectivity index (χ4v) is 2.74. The molecule has 0 radical (unpaired) electrons. The third kappa shape index (κ3) is 2.72. The predicted molar refractivity (Wildman–Crippen MR) is 82.5 cm³/mol. The van der Waals surface area contributed by atoms with Gasteiger partial charge in [0.15, 0.2) is 0 Å². The van der Waals surface area contributed by atoms with Gasteiger partial charge in [-0.2, -0.15) is 0 Å². The standard InChI is InChI=1S/C16H18N4O2/c1-20-14-5-3-2-4-12(14)13(8-15(20)21)16(22)18-7-6-11-9-17-10-19-11/h2-5,9-10,13H,6-8H2,1H3,(H,17,19)(H,18,22). The molecule has 0 spiro atoms. The molecule has 6 nitrogen and oxygen atoms in total. The van der Waals surface area contributed by atoms with Gasteiger partial charge in [0, 0.05) is 44.0 Å². The highest BCUT2D eigenvalue weighted by Crippen LogP contribution is 2.34. The van der Waals surface area contributed by atoms with Gasteiger partial charge < -0.3 is 15.2 Å². The number of nitrogens with zero attached hydrogens (tertiary/aromatic N) is 2. The molecule has 6 heteroatoms. The Hall–Kier alpha value is -2.63. The number of amides is 2. The maximum absolute atomic E-state index is 12.4. The molecule has 0 saturated heterocycles. The summed E-state index contributed by atoms with van der Waals surface area (Å²) in [7, 11) is 1.74. The topological polar surface area (TPSA) is 78.1 Å². The van der Waals surface area contributed by atoms with Crippen LogP contribution in [0.25, 0.3) is 0 Å². The van der Waals surface area contributed by atoms with Crippen molar-refractivity contribution in [2.24, 2.45) is 0 Å². The van der Waals surface area contributed by atoms with Crippen molar-refractivity contribution in [1.29, 1.82) is 0 Å². The van der Waals surface area contributed by atoms with Crippen LogP contribution in [0.15, 0.2) is 36.8 Å². The molecule has 1 aromatic carbocycles. The van der Waals surface area contributed by atoms with Crippen LogP contribution < -0.4 is 10.2 Å². The van der Waals surface area contributed by atoms with Crippen molar-refractivity contribution in [1.82, 2.24) is 15.3 Å². The number of carbonyl (C=O) groups excluding carboxylic acids is 2. The first-order valence-corrected chi connectivity index (χ1v) is 7.27. The highest BCUT2D eigenvalue weighted by molar-refractivity contribution is 6.02. The lowest BCUT2D eigenvalue weighted by molar-refractivity contribution is -0.127. The lowest BCUT2D eigenvalue weighted by Gasteiger charge is -2.30. The maximum Gasteiger partial charge on any atom is 0.228 e. The number of hydrogen-bond donors (Lipinski definition) is 2. The normalized spacial score (nSPS) is 17.2. The number of H-pyrrole nitrogens is 1. The molecule has 0 aliphatic carbocycles. The minimum absolute atomic E-state index is 0.0348. The number of aromatic nitrogens is 2. The van der Waals surface area contributed by atoms with Crippen LogP contribution in [0.2, 0.25) is 0 Å². The largest absolute Gasteiger partial charge is 0.355 e. The highest BCUT2D eigenvalue weighted by Gasteiger charge is 2.33. The lowest BCUT2D eigenvalue weighted by Crippen LogP contribution is -2.39. The average molecular weight is 298 g/mol. The van der Waals surface area contributed by atoms with Gasteiger partial charge in [-0.25, -0.2) is 4.98 Å². The molecule has 1 aliphatic rings. The Labute approximate surface area is 128 Å². The summed E-state index contributed by atoms with van der Waals surface area (Å²) >= 11 is 0. The van der Waals surface area contributed by atoms with Crippen molar-refractivity contribution in [2.45, 2.75) is 18.8 Å². The minimum atomic E-state index is -0.415. The molecule has 2 heterocycles. The van der Waals surface area contributed by atoms with E-state index in [9.17, 15) is 9.59 Å². The van der Waals surface area contributed by atoms with Crippen molar-refractivity contribution in [3.63, 3.8) is 0 Å². The first kappa shape index (κ1) is 14.3. The summed E-state index contributed by atoms with van der Waals surface area (Å²) in [6.45, 7) is 0.518. The summed E-state index contributed by atoms with van der Waals surface area (Å²) in [6, 6.07) is 7.56. The van der Waals surface area contributed by atoms with Crippen LogP contribution >= 0.6 is 0 Å². The van der Waals surface area contributed by atoms with Crippen LogP contribution in [0, 0.1) is 0 Å². The van der Waals surface area contributed by atoms with Gasteiger partial charge in [0.1, 0.15) is 0 Å². The van der Waals surface area contributed by atoms with Crippen molar-refractivity contribution in [2.75, 3.05) is 18.5 Å². The number of nitrogens with one attached hydrogen (secondary N) is 2. The number of rotatable bonds is 4. The second kappa shape index (κ2) is 6.01. The third-order valence-electron chi connectivity index (χ3n) is 3.99. The van der Waals surface area contributed by atoms with Crippen LogP contribution in [-0.4, -0.2) is 35.4 Å². The molecule has 1 aliphatic heterocycles. The molecule has 0 saturated carbocycles. The summed E-state index contributed by atoms with van der Waals surface area (Å²) in [5.41, 5.74) is 2.69. The number of aromatic amines is 1. The fraction of sp³-hybridized carbons (Fsp3) is 0.312. The average Bonchev–Trinajstić information content (AvgIpc) is 3.04. The summed E-state index contributed by atoms with van der Waals surface area (Å²) in [5, 5.41) is 2.91. The van der Waals surface area contributed by atoms with E-state index in [2.05, 4.69) is 15.3 Å². The Morgan fingerprint density at radius 3 is 3.05 bits per heavy atom. The molecule has 2 amide bonds. The van der Waals surface area contributed by atoms with Crippen molar-refractivity contribution in [3.8, 4) is 0 Å². The van der Waals surface area contributed by atoms with E-state index in [-0.39, 0.29) is 18.2 Å². The number of anilines is 1. The van der Waals surface area contributed by atoms with Gasteiger partial charge >= 0.3 is 0 Å². The third-order valence-corrected chi connectivity index (χ3v) is 3.99. The van der Waals surface area contributed by atoms with Gasteiger partial charge in [0.2, 0.25) is 11.8 Å². The molecule has 2 N–H and O–H groups in total. The predicted octanol–water partition coefficient (Wildman–Crippen LogP) is 1.22. The number of imidazole rings is 1. The van der Waals surface area contributed by atoms with E-state index >= 15 is 0 Å². The van der Waals surface area contributed by atoms with Crippen LogP contribution in [0.1, 0.15) is 23.6 Å². The summed E-state index contributed by atoms with van der Waals surface area (Å²) < 4.78 is 0. The quantitative estimate of drug-likeness (QED) is 0.891. The van der Waals surface area contributed by atoms with E-state index in [1.165, 1.54) is 0 Å². The second-order valence-electron chi connectivity index (χ2n) is 5.39. The maximum atomic E-state index is 12.4. The molecule has 3 rings (SSSR count). The zero-order chi connectivity index (χ0) is 15.5. The number of benzene rings is 1. The molecule has 1 unspecified atom stereocenters. The molecule has 1 aromatic heterocycles. The van der Waals surface area contributed by atoms with E-state index in [1.54, 1.807) is 24.5 Å². The van der Waals surface area contributed by atoms with Crippen molar-refractivity contribution >= 4 is 17.5 Å². The molecule has 0 bridgehead atoms. The zero-order valence-electron chi connectivity index (χ0n) is 12.4. The molecular weight excluding hydrogens is 280 g/mol. The molecule has 0 fully saturated rings. The SMILES string of the molecule is CN1C(=O)CC(C(=O)NCCc2cnc[nH]2)c2ccccc21. The Kier molecular flexibility index (Phi) is 3.91. The Bertz CT molecular complexity index is 681. The number of hydrogen-bond acceptors (Lipinski definition) is 3. The fourth-order valence-electron chi connectivity index (χ4n) is 2.74. The van der Waals surface area contributed by atoms with Gasteiger partial charge in [-0.15, -0.1) is 0 Å². The number of fused-ring (bicyclic) bond motifs is 1. The molecule has 1 atom stereocenters. The van der Waals surface area contributed by atoms with Crippen molar-refractivity contribution < 1.29 is 9.59 Å². The number of para-hydroxylation sites is 1. The van der Waals surface area contributed by atoms with Crippen LogP contribution in [0.3, 0.4) is 0 Å². The van der Waals surface area contributed by atoms with Gasteiger partial charge in [-0.05, 0) is 11.6 Å². The minimum Gasteiger partial charge on any atom is -0.355 e. The van der Waals surface area contributed by atoms with Gasteiger partial charge in [0.25, 0.3) is 0 Å². The molecule has 2 aromatic rings. The highest BCUT2D eigenvalue weighted by atomic mass is 16.2. The Balaban J connectivity index is 1.69. The smallest absolute Gasteiger partial charge is 0.228 e. The second-order valence-corrected chi connectivity index (χ2v) is 5.39. The molecule has 114 valence electrons. The van der Waals surface area contributed by atoms with Gasteiger partial charge in [-0.3, -0.25) is 9.59 Å². The lowest BCUT2D eigenvalue weighted by atomic mass is 9.89. The van der Waals surface area contributed by atoms with Crippen LogP contribution in [0.4, 0.5) is 5.69 Å². The summed E-state index contributed by atoms with van der Waals surface area (Å²) in [5.74, 6) is -0.553. The van der Waals surface area contributed by atoms with E-state index in [1.807, 2.05) is 24.3 Å². The van der Waals surface area contributed by atoms with Gasteiger partial charge in [0.05, 0.1) is 12.2 Å². The Morgan fingerprint density at radius 2 is 2.27 bits per heavy atom. The Morgan fingerprint density at radius 1 is 1.45 bits per heavy atom. The summed E-state index contributed by atoms with van der Waals surface area (Å²) in [4.78, 5) is 33.0. The number of carbonyl (C=O) groups is 2. The van der Waals surface area contributed by atoms with Crippen molar-refractivity contribution in [3.05, 3.63) is 48.0 Å². The van der Waals surface area contributed by atoms with E-state index in [0.29, 0.717) is 13.0 Å². The molecule has 22 heavy (non-hydrogen) atoms. The first-order chi connectivity index (χ1) is 10.7. The summed E-state index contributed by atoms with van der Waals surface area (Å²) in [6.07, 6.45) is 4.25. The zero-order valence-corrected chi connectivity index (χ0v) is 12.4. The van der Waals surface area contributed by atoms with Crippen LogP contribution in [0.5, 0.6) is 0 Å². The van der Waals surface area contributed by atoms with E-state index < -0.39 is 5.92 Å². The monoisotopic (exact) mass is 298 g/mol. The first-order valence-electron chi connectivity index (χ1n) is 7.27. The van der Waals surface area contributed by atoms with E-state index in [0.717, 1.165) is 16.9 Å². The molecular formula is C16H18N4O2. The van der Waals surface area contributed by atoms with Crippen LogP contribution in [-0.2, 0) is 16.0 Å². The van der Waals surface area contributed by atoms with Gasteiger partial charge in [-0.1, -0.05) is 18.2 Å².